The molecule has 0 spiro atoms. The summed E-state index contributed by atoms with van der Waals surface area (Å²) in [5.41, 5.74) is 0.876. The maximum absolute atomic E-state index is 11.8. The summed E-state index contributed by atoms with van der Waals surface area (Å²) in [7, 11) is 0. The molecule has 0 bridgehead atoms. The van der Waals surface area contributed by atoms with Gasteiger partial charge in [-0.15, -0.1) is 0 Å². The van der Waals surface area contributed by atoms with Gasteiger partial charge in [-0.1, -0.05) is 0 Å². The van der Waals surface area contributed by atoms with Crippen molar-refractivity contribution in [2.45, 2.75) is 19.8 Å². The molecule has 1 aromatic rings. The van der Waals surface area contributed by atoms with Gasteiger partial charge in [0.2, 0.25) is 0 Å². The number of rotatable bonds is 3. The van der Waals surface area contributed by atoms with Crippen LogP contribution in [0.2, 0.25) is 0 Å². The first-order valence-corrected chi connectivity index (χ1v) is 6.99. The third-order valence-electron chi connectivity index (χ3n) is 3.24. The molecule has 0 atom stereocenters. The molecule has 0 saturated carbocycles. The largest absolute Gasteiger partial charge is 0.462 e. The van der Waals surface area contributed by atoms with Gasteiger partial charge in [0.25, 0.3) is 0 Å². The number of anilines is 1. The highest BCUT2D eigenvalue weighted by atomic mass is 16.5. The lowest BCUT2D eigenvalue weighted by atomic mass is 10.2. The average molecular weight is 290 g/mol. The Morgan fingerprint density at radius 2 is 1.76 bits per heavy atom. The zero-order chi connectivity index (χ0) is 15.2. The molecule has 0 aromatic heterocycles. The number of carbonyl (C=O) groups excluding carboxylic acids is 3. The van der Waals surface area contributed by atoms with E-state index in [1.807, 2.05) is 0 Å². The maximum atomic E-state index is 11.8. The molecule has 0 aliphatic carbocycles. The molecule has 1 N–H and O–H groups in total. The Balaban J connectivity index is 1.94. The third-order valence-corrected chi connectivity index (χ3v) is 3.24. The lowest BCUT2D eigenvalue weighted by Gasteiger charge is -2.14. The van der Waals surface area contributed by atoms with Crippen molar-refractivity contribution in [2.24, 2.45) is 0 Å². The fourth-order valence-corrected chi connectivity index (χ4v) is 2.15. The molecule has 2 rings (SSSR count). The summed E-state index contributed by atoms with van der Waals surface area (Å²) in [6, 6.07) is 6.24. The summed E-state index contributed by atoms with van der Waals surface area (Å²) < 4.78 is 4.87. The van der Waals surface area contributed by atoms with E-state index in [4.69, 9.17) is 4.74 Å². The average Bonchev–Trinajstić information content (AvgIpc) is 3.01. The third kappa shape index (κ3) is 3.81. The molecule has 2 amide bonds. The van der Waals surface area contributed by atoms with Gasteiger partial charge < -0.3 is 15.0 Å². The van der Waals surface area contributed by atoms with Crippen molar-refractivity contribution in [3.63, 3.8) is 0 Å². The number of hydrogen-bond donors (Lipinski definition) is 1. The van der Waals surface area contributed by atoms with Gasteiger partial charge in [0.1, 0.15) is 0 Å². The first-order chi connectivity index (χ1) is 10.1. The molecule has 6 nitrogen and oxygen atoms in total. The van der Waals surface area contributed by atoms with Crippen LogP contribution in [0.3, 0.4) is 0 Å². The zero-order valence-corrected chi connectivity index (χ0v) is 11.9. The summed E-state index contributed by atoms with van der Waals surface area (Å²) in [5.74, 6) is -1.58. The quantitative estimate of drug-likeness (QED) is 0.675. The number of likely N-dealkylation sites (tertiary alicyclic amines) is 1. The van der Waals surface area contributed by atoms with E-state index in [1.54, 1.807) is 36.1 Å². The van der Waals surface area contributed by atoms with Crippen LogP contribution < -0.4 is 5.32 Å². The van der Waals surface area contributed by atoms with Crippen molar-refractivity contribution < 1.29 is 19.1 Å². The Kier molecular flexibility index (Phi) is 4.92. The minimum atomic E-state index is -0.652. The van der Waals surface area contributed by atoms with Crippen LogP contribution in [-0.4, -0.2) is 42.4 Å². The number of nitrogens with one attached hydrogen (secondary N) is 1. The molecule has 1 fully saturated rings. The standard InChI is InChI=1S/C15H18N2O4/c1-2-21-15(20)11-5-7-12(8-6-11)16-13(18)14(19)17-9-3-4-10-17/h5-8H,2-4,9-10H2,1H3,(H,16,18). The lowest BCUT2D eigenvalue weighted by Crippen LogP contribution is -2.37. The van der Waals surface area contributed by atoms with Gasteiger partial charge in [-0.2, -0.15) is 0 Å². The smallest absolute Gasteiger partial charge is 0.338 e. The number of hydrogen-bond acceptors (Lipinski definition) is 4. The minimum Gasteiger partial charge on any atom is -0.462 e. The second kappa shape index (κ2) is 6.88. The number of nitrogens with zero attached hydrogens (tertiary/aromatic N) is 1. The van der Waals surface area contributed by atoms with Crippen molar-refractivity contribution in [2.75, 3.05) is 25.0 Å². The molecule has 1 aliphatic heterocycles. The van der Waals surface area contributed by atoms with Crippen LogP contribution in [0.15, 0.2) is 24.3 Å². The van der Waals surface area contributed by atoms with Crippen molar-refractivity contribution >= 4 is 23.5 Å². The molecular formula is C15H18N2O4. The molecule has 1 heterocycles. The van der Waals surface area contributed by atoms with E-state index in [0.717, 1.165) is 12.8 Å². The van der Waals surface area contributed by atoms with Gasteiger partial charge in [-0.05, 0) is 44.0 Å². The molecule has 6 heteroatoms. The van der Waals surface area contributed by atoms with Crippen molar-refractivity contribution in [1.29, 1.82) is 0 Å². The van der Waals surface area contributed by atoms with Crippen molar-refractivity contribution in [3.05, 3.63) is 29.8 Å². The number of benzene rings is 1. The Labute approximate surface area is 123 Å². The second-order valence-corrected chi connectivity index (χ2v) is 4.75. The van der Waals surface area contributed by atoms with Crippen LogP contribution in [0.1, 0.15) is 30.1 Å². The monoisotopic (exact) mass is 290 g/mol. The highest BCUT2D eigenvalue weighted by Gasteiger charge is 2.24. The molecule has 1 aliphatic rings. The first-order valence-electron chi connectivity index (χ1n) is 6.99. The molecule has 112 valence electrons. The van der Waals surface area contributed by atoms with Crippen LogP contribution >= 0.6 is 0 Å². The van der Waals surface area contributed by atoms with Gasteiger partial charge >= 0.3 is 17.8 Å². The van der Waals surface area contributed by atoms with Crippen LogP contribution in [0.4, 0.5) is 5.69 Å². The van der Waals surface area contributed by atoms with E-state index in [-0.39, 0.29) is 0 Å². The Bertz CT molecular complexity index is 533. The van der Waals surface area contributed by atoms with E-state index >= 15 is 0 Å². The van der Waals surface area contributed by atoms with Crippen molar-refractivity contribution in [1.82, 2.24) is 4.90 Å². The Hall–Kier alpha value is -2.37. The molecule has 1 aromatic carbocycles. The van der Waals surface area contributed by atoms with Gasteiger partial charge in [-0.3, -0.25) is 9.59 Å². The van der Waals surface area contributed by atoms with Crippen LogP contribution in [-0.2, 0) is 14.3 Å². The summed E-state index contributed by atoms with van der Waals surface area (Å²) >= 11 is 0. The zero-order valence-electron chi connectivity index (χ0n) is 11.9. The van der Waals surface area contributed by atoms with Crippen LogP contribution in [0.5, 0.6) is 0 Å². The van der Waals surface area contributed by atoms with E-state index in [0.29, 0.717) is 30.9 Å². The maximum Gasteiger partial charge on any atom is 0.338 e. The molecule has 21 heavy (non-hydrogen) atoms. The Morgan fingerprint density at radius 3 is 2.33 bits per heavy atom. The number of esters is 1. The van der Waals surface area contributed by atoms with Crippen LogP contribution in [0, 0.1) is 0 Å². The fraction of sp³-hybridized carbons (Fsp3) is 0.400. The predicted octanol–water partition coefficient (Wildman–Crippen LogP) is 1.42. The minimum absolute atomic E-state index is 0.307. The van der Waals surface area contributed by atoms with Gasteiger partial charge in [0, 0.05) is 18.8 Å². The van der Waals surface area contributed by atoms with Crippen LogP contribution in [0.25, 0.3) is 0 Å². The highest BCUT2D eigenvalue weighted by molar-refractivity contribution is 6.39. The summed E-state index contributed by atoms with van der Waals surface area (Å²) in [6.07, 6.45) is 1.88. The second-order valence-electron chi connectivity index (χ2n) is 4.75. The summed E-state index contributed by atoms with van der Waals surface area (Å²) in [5, 5.41) is 2.53. The normalized spacial score (nSPS) is 13.9. The SMILES string of the molecule is CCOC(=O)c1ccc(NC(=O)C(=O)N2CCCC2)cc1. The van der Waals surface area contributed by atoms with E-state index in [2.05, 4.69) is 5.32 Å². The molecule has 1 saturated heterocycles. The van der Waals surface area contributed by atoms with E-state index < -0.39 is 17.8 Å². The number of carbonyl (C=O) groups is 3. The Morgan fingerprint density at radius 1 is 1.14 bits per heavy atom. The van der Waals surface area contributed by atoms with E-state index in [9.17, 15) is 14.4 Å². The number of ether oxygens (including phenoxy) is 1. The number of amides is 2. The van der Waals surface area contributed by atoms with Gasteiger partial charge in [0.05, 0.1) is 12.2 Å². The molecular weight excluding hydrogens is 272 g/mol. The topological polar surface area (TPSA) is 75.7 Å². The van der Waals surface area contributed by atoms with Gasteiger partial charge in [-0.25, -0.2) is 4.79 Å². The van der Waals surface area contributed by atoms with Crippen molar-refractivity contribution in [3.8, 4) is 0 Å². The predicted molar refractivity (Wildman–Crippen MR) is 76.8 cm³/mol. The summed E-state index contributed by atoms with van der Waals surface area (Å²) in [6.45, 7) is 3.31. The molecule has 0 radical (unpaired) electrons. The first kappa shape index (κ1) is 15.0. The lowest BCUT2D eigenvalue weighted by molar-refractivity contribution is -0.142. The van der Waals surface area contributed by atoms with Gasteiger partial charge in [0.15, 0.2) is 0 Å². The highest BCUT2D eigenvalue weighted by Crippen LogP contribution is 2.12. The fourth-order valence-electron chi connectivity index (χ4n) is 2.15. The summed E-state index contributed by atoms with van der Waals surface area (Å²) in [4.78, 5) is 36.7. The van der Waals surface area contributed by atoms with E-state index in [1.165, 1.54) is 0 Å². The molecule has 0 unspecified atom stereocenters.